The first kappa shape index (κ1) is 25.7. The molecular formula is C29H30O6S. The van der Waals surface area contributed by atoms with Crippen LogP contribution in [0.1, 0.15) is 24.0 Å². The van der Waals surface area contributed by atoms with Crippen LogP contribution in [-0.2, 0) is 9.84 Å². The van der Waals surface area contributed by atoms with Gasteiger partial charge in [-0.2, -0.15) is 0 Å². The number of benzene rings is 3. The molecule has 1 aliphatic rings. The molecule has 0 saturated heterocycles. The maximum Gasteiger partial charge on any atom is 0.163 e. The molecule has 1 heterocycles. The van der Waals surface area contributed by atoms with Crippen LogP contribution in [0.4, 0.5) is 0 Å². The van der Waals surface area contributed by atoms with Crippen LogP contribution >= 0.6 is 0 Å². The fourth-order valence-corrected chi connectivity index (χ4v) is 6.41. The van der Waals surface area contributed by atoms with Crippen LogP contribution < -0.4 is 4.74 Å². The summed E-state index contributed by atoms with van der Waals surface area (Å²) in [6.07, 6.45) is 1.60. The summed E-state index contributed by atoms with van der Waals surface area (Å²) in [6, 6.07) is 25.7. The van der Waals surface area contributed by atoms with E-state index in [1.165, 1.54) is 0 Å². The van der Waals surface area contributed by atoms with E-state index in [0.717, 1.165) is 16.7 Å². The molecule has 0 amide bonds. The molecule has 36 heavy (non-hydrogen) atoms. The monoisotopic (exact) mass is 506 g/mol. The molecule has 188 valence electrons. The predicted octanol–water partition coefficient (Wildman–Crippen LogP) is 4.24. The summed E-state index contributed by atoms with van der Waals surface area (Å²) < 4.78 is 31.3. The van der Waals surface area contributed by atoms with E-state index < -0.39 is 27.8 Å². The Hall–Kier alpha value is -3.39. The van der Waals surface area contributed by atoms with Crippen molar-refractivity contribution >= 4 is 21.5 Å². The molecule has 0 saturated carbocycles. The van der Waals surface area contributed by atoms with Gasteiger partial charge in [-0.05, 0) is 65.0 Å². The Morgan fingerprint density at radius 2 is 1.69 bits per heavy atom. The number of hydrogen-bond acceptors (Lipinski definition) is 6. The summed E-state index contributed by atoms with van der Waals surface area (Å²) in [5.41, 5.74) is 3.54. The number of phenolic OH excluding ortho intramolecular Hbond substituents is 1. The Balaban J connectivity index is 1.59. The van der Waals surface area contributed by atoms with Crippen LogP contribution in [0.5, 0.6) is 11.5 Å². The topological polar surface area (TPSA) is 104 Å². The average Bonchev–Trinajstić information content (AvgIpc) is 3.15. The number of allylic oxidation sites excluding steroid dienone is 1. The molecule has 0 radical (unpaired) electrons. The number of aliphatic hydroxyl groups is 2. The van der Waals surface area contributed by atoms with Crippen molar-refractivity contribution in [2.24, 2.45) is 0 Å². The van der Waals surface area contributed by atoms with Crippen molar-refractivity contribution in [3.05, 3.63) is 107 Å². The standard InChI is InChI=1S/C29H30O6S/c30-18-28-29(24(20-36(28,33)34)19-35-26-12-5-2-6-13-26)27(32)15-14-23(22-9-3-1-4-10-22)16-21-8-7-11-25(31)17-21/h1-13,16-17,27-28,30-32H,14-15,18-20H2/b23-16-/t27-,28+/m1/s1. The van der Waals surface area contributed by atoms with Gasteiger partial charge >= 0.3 is 0 Å². The maximum absolute atomic E-state index is 12.8. The number of hydrogen-bond donors (Lipinski definition) is 3. The van der Waals surface area contributed by atoms with Crippen molar-refractivity contribution in [3.8, 4) is 11.5 Å². The molecule has 7 heteroatoms. The van der Waals surface area contributed by atoms with Gasteiger partial charge < -0.3 is 20.1 Å². The van der Waals surface area contributed by atoms with Crippen molar-refractivity contribution in [1.82, 2.24) is 0 Å². The Morgan fingerprint density at radius 1 is 1.00 bits per heavy atom. The molecule has 3 N–H and O–H groups in total. The highest BCUT2D eigenvalue weighted by atomic mass is 32.2. The van der Waals surface area contributed by atoms with Gasteiger partial charge in [0.25, 0.3) is 0 Å². The second-order valence-corrected chi connectivity index (χ2v) is 11.0. The molecule has 3 aromatic rings. The number of ether oxygens (including phenoxy) is 1. The fourth-order valence-electron chi connectivity index (χ4n) is 4.54. The quantitative estimate of drug-likeness (QED) is 0.281. The minimum atomic E-state index is -3.64. The zero-order valence-electron chi connectivity index (χ0n) is 19.8. The van der Waals surface area contributed by atoms with Crippen molar-refractivity contribution in [1.29, 1.82) is 0 Å². The van der Waals surface area contributed by atoms with E-state index in [4.69, 9.17) is 4.74 Å². The van der Waals surface area contributed by atoms with Gasteiger partial charge in [0.1, 0.15) is 23.4 Å². The third kappa shape index (κ3) is 6.23. The first-order valence-electron chi connectivity index (χ1n) is 11.8. The number of para-hydroxylation sites is 1. The number of phenols is 1. The second-order valence-electron chi connectivity index (χ2n) is 8.82. The summed E-state index contributed by atoms with van der Waals surface area (Å²) in [7, 11) is -3.64. The number of aliphatic hydroxyl groups excluding tert-OH is 2. The molecule has 0 aromatic heterocycles. The van der Waals surface area contributed by atoms with Gasteiger partial charge in [-0.1, -0.05) is 66.7 Å². The van der Waals surface area contributed by atoms with Gasteiger partial charge in [-0.25, -0.2) is 8.42 Å². The molecule has 1 aliphatic heterocycles. The molecule has 4 rings (SSSR count). The van der Waals surface area contributed by atoms with Gasteiger partial charge in [0.2, 0.25) is 0 Å². The zero-order chi connectivity index (χ0) is 25.5. The highest BCUT2D eigenvalue weighted by Gasteiger charge is 2.41. The predicted molar refractivity (Wildman–Crippen MR) is 141 cm³/mol. The van der Waals surface area contributed by atoms with E-state index in [0.29, 0.717) is 23.3 Å². The van der Waals surface area contributed by atoms with Crippen molar-refractivity contribution in [2.75, 3.05) is 19.0 Å². The first-order valence-corrected chi connectivity index (χ1v) is 13.5. The van der Waals surface area contributed by atoms with Crippen LogP contribution in [0.15, 0.2) is 96.1 Å². The molecule has 6 nitrogen and oxygen atoms in total. The normalized spacial score (nSPS) is 18.3. The Morgan fingerprint density at radius 3 is 2.36 bits per heavy atom. The molecule has 0 fully saturated rings. The SMILES string of the molecule is O=S1(=O)CC(COc2ccccc2)=C([C@H](O)CC/C(=C/c2cccc(O)c2)c2ccccc2)[C@@H]1CO. The minimum absolute atomic E-state index is 0.0246. The number of aromatic hydroxyl groups is 1. The summed E-state index contributed by atoms with van der Waals surface area (Å²) in [5, 5.41) is 29.8. The first-order chi connectivity index (χ1) is 17.4. The lowest BCUT2D eigenvalue weighted by Crippen LogP contribution is -2.29. The Kier molecular flexibility index (Phi) is 8.25. The van der Waals surface area contributed by atoms with Crippen LogP contribution in [0.3, 0.4) is 0 Å². The van der Waals surface area contributed by atoms with Crippen LogP contribution in [-0.4, -0.2) is 54.1 Å². The fraction of sp³-hybridized carbons (Fsp3) is 0.241. The third-order valence-corrected chi connectivity index (χ3v) is 8.31. The smallest absolute Gasteiger partial charge is 0.163 e. The number of sulfone groups is 1. The van der Waals surface area contributed by atoms with Gasteiger partial charge in [0.15, 0.2) is 9.84 Å². The summed E-state index contributed by atoms with van der Waals surface area (Å²) >= 11 is 0. The van der Waals surface area contributed by atoms with E-state index in [1.807, 2.05) is 60.7 Å². The van der Waals surface area contributed by atoms with Crippen molar-refractivity contribution in [2.45, 2.75) is 24.2 Å². The Labute approximate surface area is 211 Å². The number of rotatable bonds is 10. The molecule has 2 atom stereocenters. The lowest BCUT2D eigenvalue weighted by Gasteiger charge is -2.20. The lowest BCUT2D eigenvalue weighted by molar-refractivity contribution is 0.188. The van der Waals surface area contributed by atoms with Crippen molar-refractivity contribution in [3.63, 3.8) is 0 Å². The molecule has 3 aromatic carbocycles. The van der Waals surface area contributed by atoms with E-state index >= 15 is 0 Å². The van der Waals surface area contributed by atoms with Gasteiger partial charge in [0.05, 0.1) is 18.5 Å². The zero-order valence-corrected chi connectivity index (χ0v) is 20.6. The molecule has 0 spiro atoms. The lowest BCUT2D eigenvalue weighted by atomic mass is 9.92. The molecular weight excluding hydrogens is 476 g/mol. The van der Waals surface area contributed by atoms with Crippen LogP contribution in [0.25, 0.3) is 11.6 Å². The van der Waals surface area contributed by atoms with E-state index in [9.17, 15) is 23.7 Å². The third-order valence-electron chi connectivity index (χ3n) is 6.29. The molecule has 0 aliphatic carbocycles. The van der Waals surface area contributed by atoms with Gasteiger partial charge in [0, 0.05) is 0 Å². The van der Waals surface area contributed by atoms with Crippen molar-refractivity contribution < 1.29 is 28.5 Å². The van der Waals surface area contributed by atoms with Gasteiger partial charge in [-0.3, -0.25) is 0 Å². The largest absolute Gasteiger partial charge is 0.508 e. The average molecular weight is 507 g/mol. The highest BCUT2D eigenvalue weighted by molar-refractivity contribution is 7.92. The molecule has 0 unspecified atom stereocenters. The highest BCUT2D eigenvalue weighted by Crippen LogP contribution is 2.34. The summed E-state index contributed by atoms with van der Waals surface area (Å²) in [4.78, 5) is 0. The molecule has 0 bridgehead atoms. The second kappa shape index (κ2) is 11.6. The summed E-state index contributed by atoms with van der Waals surface area (Å²) in [5.74, 6) is 0.512. The van der Waals surface area contributed by atoms with Crippen LogP contribution in [0.2, 0.25) is 0 Å². The maximum atomic E-state index is 12.8. The van der Waals surface area contributed by atoms with E-state index in [1.54, 1.807) is 30.3 Å². The van der Waals surface area contributed by atoms with Crippen LogP contribution in [0, 0.1) is 0 Å². The summed E-state index contributed by atoms with van der Waals surface area (Å²) in [6.45, 7) is -0.564. The van der Waals surface area contributed by atoms with E-state index in [-0.39, 0.29) is 24.5 Å². The Bertz CT molecular complexity index is 1330. The van der Waals surface area contributed by atoms with E-state index in [2.05, 4.69) is 0 Å². The minimum Gasteiger partial charge on any atom is -0.508 e. The van der Waals surface area contributed by atoms with Gasteiger partial charge in [-0.15, -0.1) is 0 Å².